The molecular formula is C29H30F24O10. The van der Waals surface area contributed by atoms with Crippen molar-refractivity contribution in [3.05, 3.63) is 12.1 Å². The lowest BCUT2D eigenvalue weighted by Gasteiger charge is -2.32. The lowest BCUT2D eigenvalue weighted by Crippen LogP contribution is -2.61. The maximum absolute atomic E-state index is 12.6. The highest BCUT2D eigenvalue weighted by Gasteiger charge is 2.78. The minimum absolute atomic E-state index is 0.00423. The van der Waals surface area contributed by atoms with E-state index >= 15 is 0 Å². The molecule has 374 valence electrons. The van der Waals surface area contributed by atoms with Gasteiger partial charge in [-0.05, 0) is 61.3 Å². The summed E-state index contributed by atoms with van der Waals surface area (Å²) in [4.78, 5) is 41.0. The number of halogens is 24. The number of carbonyl (C=O) groups is 4. The van der Waals surface area contributed by atoms with Crippen molar-refractivity contribution in [3.63, 3.8) is 0 Å². The maximum atomic E-state index is 12.6. The summed E-state index contributed by atoms with van der Waals surface area (Å²) < 4.78 is 294. The molecule has 0 N–H and O–H groups in total. The van der Waals surface area contributed by atoms with Crippen molar-refractivity contribution < 1.29 is 154 Å². The van der Waals surface area contributed by atoms with E-state index in [1.165, 1.54) is 0 Å². The first-order valence-electron chi connectivity index (χ1n) is 16.2. The summed E-state index contributed by atoms with van der Waals surface area (Å²) in [5, 5.41) is 0. The highest BCUT2D eigenvalue weighted by Crippen LogP contribution is 2.50. The first-order chi connectivity index (χ1) is 28.6. The van der Waals surface area contributed by atoms with Crippen molar-refractivity contribution in [1.82, 2.24) is 0 Å². The zero-order chi connectivity index (χ0) is 50.2. The van der Waals surface area contributed by atoms with E-state index in [0.717, 1.165) is 25.7 Å². The van der Waals surface area contributed by atoms with Crippen LogP contribution in [0.15, 0.2) is 12.1 Å². The van der Waals surface area contributed by atoms with Gasteiger partial charge in [-0.25, -0.2) is 32.5 Å². The number of carbonyl (C=O) groups excluding carboxylic acids is 4. The van der Waals surface area contributed by atoms with Gasteiger partial charge in [-0.15, -0.1) is 13.7 Å². The van der Waals surface area contributed by atoms with Crippen molar-refractivity contribution in [2.24, 2.45) is 11.8 Å². The van der Waals surface area contributed by atoms with Gasteiger partial charge in [-0.3, -0.25) is 9.18 Å². The van der Waals surface area contributed by atoms with Gasteiger partial charge >= 0.3 is 79.3 Å². The molecule has 34 heteroatoms. The second-order valence-corrected chi connectivity index (χ2v) is 11.8. The average Bonchev–Trinajstić information content (AvgIpc) is 3.17. The third-order valence-electron chi connectivity index (χ3n) is 7.25. The number of hydrogen-bond donors (Lipinski definition) is 0. The van der Waals surface area contributed by atoms with Gasteiger partial charge in [0.2, 0.25) is 0 Å². The van der Waals surface area contributed by atoms with Crippen LogP contribution in [0.25, 0.3) is 0 Å². The van der Waals surface area contributed by atoms with E-state index in [0.29, 0.717) is 31.8 Å². The minimum atomic E-state index is -6.82. The third-order valence-corrected chi connectivity index (χ3v) is 7.25. The molecule has 0 aromatic rings. The summed E-state index contributed by atoms with van der Waals surface area (Å²) in [6, 6.07) is -3.41. The van der Waals surface area contributed by atoms with Crippen LogP contribution in [-0.2, 0) is 43.2 Å². The molecule has 0 aromatic carbocycles. The van der Waals surface area contributed by atoms with E-state index in [2.05, 4.69) is 9.47 Å². The first kappa shape index (κ1) is 63.3. The fraction of sp³-hybridized carbons (Fsp3) is 0.793. The highest BCUT2D eigenvalue weighted by atomic mass is 19.4. The Morgan fingerprint density at radius 3 is 1.46 bits per heavy atom. The molecule has 3 atom stereocenters. The summed E-state index contributed by atoms with van der Waals surface area (Å²) in [5.41, 5.74) is 0. The maximum Gasteiger partial charge on any atom is 0.494 e. The Morgan fingerprint density at radius 1 is 0.635 bits per heavy atom. The van der Waals surface area contributed by atoms with Gasteiger partial charge in [-0.2, -0.15) is 70.2 Å². The molecule has 0 bridgehead atoms. The summed E-state index contributed by atoms with van der Waals surface area (Å²) >= 11 is 0. The molecule has 0 radical (unpaired) electrons. The van der Waals surface area contributed by atoms with Gasteiger partial charge < -0.3 is 18.9 Å². The zero-order valence-corrected chi connectivity index (χ0v) is 30.6. The van der Waals surface area contributed by atoms with Crippen LogP contribution in [0, 0.1) is 11.8 Å². The minimum Gasteiger partial charge on any atom is -0.464 e. The summed E-state index contributed by atoms with van der Waals surface area (Å²) in [7, 11) is 0. The molecule has 2 saturated carbocycles. The van der Waals surface area contributed by atoms with Crippen LogP contribution in [0.4, 0.5) is 110 Å². The van der Waals surface area contributed by atoms with E-state index in [1.54, 1.807) is 4.94 Å². The van der Waals surface area contributed by atoms with E-state index < -0.39 is 105 Å². The quantitative estimate of drug-likeness (QED) is 0.0515. The lowest BCUT2D eigenvalue weighted by atomic mass is 9.83. The third kappa shape index (κ3) is 25.8. The predicted octanol–water partition coefficient (Wildman–Crippen LogP) is 11.1. The molecule has 2 rings (SSSR count). The molecule has 3 unspecified atom stereocenters. The zero-order valence-electron chi connectivity index (χ0n) is 30.6. The Kier molecular flexibility index (Phi) is 29.6. The van der Waals surface area contributed by atoms with Crippen LogP contribution < -0.4 is 0 Å². The Balaban J connectivity index is -0.000000770. The topological polar surface area (TPSA) is 124 Å². The molecule has 0 heterocycles. The van der Waals surface area contributed by atoms with Crippen LogP contribution >= 0.6 is 0 Å². The van der Waals surface area contributed by atoms with Gasteiger partial charge in [0.05, 0.1) is 19.4 Å². The monoisotopic (exact) mass is 994 g/mol. The number of ether oxygens (including phenoxy) is 4. The molecule has 2 fully saturated rings. The fourth-order valence-electron chi connectivity index (χ4n) is 4.28. The summed E-state index contributed by atoms with van der Waals surface area (Å²) in [5.74, 6) is -24.5. The SMILES string of the molecule is FOC(F)C(F)(F)C(F)(F)C(F)(F)C(F)F.O=C(F)COCC1CCC(CF)CC1.O=C(F)F.O=C(OCOC1CCCC(OC(F)=C(F)F)C1)C(F)(F)F.O=C(OF)C(F)(F)F. The fourth-order valence-corrected chi connectivity index (χ4v) is 4.28. The predicted molar refractivity (Wildman–Crippen MR) is 153 cm³/mol. The highest BCUT2D eigenvalue weighted by molar-refractivity contribution is 5.75. The van der Waals surface area contributed by atoms with Gasteiger partial charge in [0.25, 0.3) is 0 Å². The average molecular weight is 995 g/mol. The second-order valence-electron chi connectivity index (χ2n) is 11.8. The molecule has 63 heavy (non-hydrogen) atoms. The number of alkyl halides is 16. The van der Waals surface area contributed by atoms with E-state index in [4.69, 9.17) is 19.1 Å². The van der Waals surface area contributed by atoms with Crippen LogP contribution in [0.2, 0.25) is 0 Å². The normalized spacial score (nSPS) is 19.7. The first-order valence-corrected chi connectivity index (χ1v) is 16.2. The van der Waals surface area contributed by atoms with Crippen LogP contribution in [-0.4, -0.2) is 106 Å². The second kappa shape index (κ2) is 29.5. The molecule has 0 aromatic heterocycles. The molecule has 2 aliphatic carbocycles. The van der Waals surface area contributed by atoms with Crippen molar-refractivity contribution in [1.29, 1.82) is 0 Å². The van der Waals surface area contributed by atoms with Crippen molar-refractivity contribution >= 4 is 24.3 Å². The molecule has 0 spiro atoms. The number of esters is 1. The van der Waals surface area contributed by atoms with Crippen molar-refractivity contribution in [3.8, 4) is 0 Å². The Morgan fingerprint density at radius 2 is 1.10 bits per heavy atom. The van der Waals surface area contributed by atoms with Gasteiger partial charge in [0.15, 0.2) is 6.79 Å². The molecule has 0 aliphatic heterocycles. The Bertz CT molecular complexity index is 1360. The molecule has 2 aliphatic rings. The van der Waals surface area contributed by atoms with Crippen LogP contribution in [0.5, 0.6) is 0 Å². The standard InChI is InChI=1S/C11H12F6O4.C10H16F2O2.C5H2F10O.C2F4O2.CF2O/c12-8(13)9(14)21-7-3-1-2-6(4-7)19-5-20-10(18)11(15,16)17;11-5-8-1-3-9(4-2-8)6-14-7-10(12)13;6-1(7)3(9,10)5(13,14)4(11,12)2(8)16-15;3-2(4,5)1(7)8-6;2-1(3)4/h6-7H,1-5H2;8-9H,1-7H2;1-2H;;. The number of rotatable bonds is 15. The van der Waals surface area contributed by atoms with E-state index in [1.807, 2.05) is 4.94 Å². The van der Waals surface area contributed by atoms with Crippen molar-refractivity contribution in [2.75, 3.05) is 26.7 Å². The number of hydrogen-bond acceptors (Lipinski definition) is 10. The molecule has 0 amide bonds. The summed E-state index contributed by atoms with van der Waals surface area (Å²) in [6.45, 7) is -1.18. The Hall–Kier alpha value is -3.98. The smallest absolute Gasteiger partial charge is 0.464 e. The van der Waals surface area contributed by atoms with Gasteiger partial charge in [0.1, 0.15) is 12.7 Å². The van der Waals surface area contributed by atoms with Crippen molar-refractivity contribution in [2.45, 2.75) is 106 Å². The molecular weight excluding hydrogens is 964 g/mol. The van der Waals surface area contributed by atoms with Crippen LogP contribution in [0.3, 0.4) is 0 Å². The van der Waals surface area contributed by atoms with Gasteiger partial charge in [-0.1, -0.05) is 0 Å². The largest absolute Gasteiger partial charge is 0.494 e. The molecule has 10 nitrogen and oxygen atoms in total. The van der Waals surface area contributed by atoms with E-state index in [9.17, 15) is 115 Å². The Labute approximate surface area is 335 Å². The van der Waals surface area contributed by atoms with Gasteiger partial charge in [0, 0.05) is 10.9 Å². The van der Waals surface area contributed by atoms with E-state index in [-0.39, 0.29) is 19.0 Å². The molecule has 0 saturated heterocycles. The summed E-state index contributed by atoms with van der Waals surface area (Å²) in [6.07, 6.45) is -22.5. The van der Waals surface area contributed by atoms with Crippen LogP contribution in [0.1, 0.15) is 51.4 Å². The lowest BCUT2D eigenvalue weighted by molar-refractivity contribution is -0.397.